The van der Waals surface area contributed by atoms with Crippen LogP contribution < -0.4 is 0 Å². The molecule has 0 spiro atoms. The van der Waals surface area contributed by atoms with Crippen LogP contribution in [0.3, 0.4) is 0 Å². The number of hydrogen-bond donors (Lipinski definition) is 1. The number of aromatic hydroxyl groups is 1. The van der Waals surface area contributed by atoms with E-state index < -0.39 is 0 Å². The van der Waals surface area contributed by atoms with Crippen molar-refractivity contribution in [3.8, 4) is 22.7 Å². The summed E-state index contributed by atoms with van der Waals surface area (Å²) < 4.78 is 1.77. The first kappa shape index (κ1) is 15.4. The van der Waals surface area contributed by atoms with E-state index in [0.29, 0.717) is 5.69 Å². The number of para-hydroxylation sites is 2. The van der Waals surface area contributed by atoms with Gasteiger partial charge in [-0.2, -0.15) is 5.10 Å². The summed E-state index contributed by atoms with van der Waals surface area (Å²) in [5.41, 5.74) is 3.43. The van der Waals surface area contributed by atoms with Gasteiger partial charge < -0.3 is 5.11 Å². The van der Waals surface area contributed by atoms with Gasteiger partial charge in [0.05, 0.1) is 11.9 Å². The smallest absolute Gasteiger partial charge is 0.141 e. The molecule has 0 saturated heterocycles. The summed E-state index contributed by atoms with van der Waals surface area (Å²) in [6.45, 7) is 0. The molecular weight excluding hydrogens is 340 g/mol. The number of nitrogens with zero attached hydrogens (tertiary/aromatic N) is 3. The molecular formula is C18H13N3OZn. The van der Waals surface area contributed by atoms with E-state index in [4.69, 9.17) is 0 Å². The van der Waals surface area contributed by atoms with Crippen molar-refractivity contribution in [1.82, 2.24) is 14.8 Å². The standard InChI is InChI=1S/C18H13N3O.Zn/c22-17-9-5-4-8-16(17)21-18(13-6-2-1-3-7-13)14-10-11-19-12-15(14)20-21;/h1-12,22H;. The largest absolute Gasteiger partial charge is 0.506 e. The van der Waals surface area contributed by atoms with Gasteiger partial charge in [0.1, 0.15) is 17.0 Å². The van der Waals surface area contributed by atoms with E-state index >= 15 is 0 Å². The molecule has 0 bridgehead atoms. The summed E-state index contributed by atoms with van der Waals surface area (Å²) in [5, 5.41) is 15.8. The predicted octanol–water partition coefficient (Wildman–Crippen LogP) is 3.79. The van der Waals surface area contributed by atoms with Crippen LogP contribution in [-0.4, -0.2) is 19.9 Å². The zero-order valence-electron chi connectivity index (χ0n) is 12.4. The molecule has 0 amide bonds. The van der Waals surface area contributed by atoms with Crippen LogP contribution in [0.5, 0.6) is 5.75 Å². The van der Waals surface area contributed by atoms with Crippen molar-refractivity contribution < 1.29 is 24.6 Å². The first-order valence-electron chi connectivity index (χ1n) is 7.01. The monoisotopic (exact) mass is 351 g/mol. The van der Waals surface area contributed by atoms with E-state index in [1.54, 1.807) is 29.2 Å². The zero-order chi connectivity index (χ0) is 14.9. The second-order valence-electron chi connectivity index (χ2n) is 5.01. The normalized spacial score (nSPS) is 10.4. The maximum absolute atomic E-state index is 10.2. The van der Waals surface area contributed by atoms with Crippen molar-refractivity contribution >= 4 is 10.9 Å². The summed E-state index contributed by atoms with van der Waals surface area (Å²) >= 11 is 0. The molecule has 5 heteroatoms. The molecule has 0 aliphatic heterocycles. The molecule has 0 aliphatic carbocycles. The Morgan fingerprint density at radius 3 is 2.39 bits per heavy atom. The topological polar surface area (TPSA) is 50.9 Å². The van der Waals surface area contributed by atoms with Gasteiger partial charge >= 0.3 is 0 Å². The molecule has 0 unspecified atom stereocenters. The molecule has 1 N–H and O–H groups in total. The van der Waals surface area contributed by atoms with Gasteiger partial charge in [-0.25, -0.2) is 4.68 Å². The average Bonchev–Trinajstić information content (AvgIpc) is 2.95. The molecule has 4 aromatic rings. The molecule has 2 aromatic heterocycles. The summed E-state index contributed by atoms with van der Waals surface area (Å²) in [7, 11) is 0. The van der Waals surface area contributed by atoms with Gasteiger partial charge in [0, 0.05) is 36.6 Å². The Balaban J connectivity index is 0.00000156. The summed E-state index contributed by atoms with van der Waals surface area (Å²) in [6.07, 6.45) is 3.49. The second-order valence-corrected chi connectivity index (χ2v) is 5.01. The molecule has 2 aromatic carbocycles. The van der Waals surface area contributed by atoms with Gasteiger partial charge in [-0.05, 0) is 18.2 Å². The average molecular weight is 353 g/mol. The quantitative estimate of drug-likeness (QED) is 0.558. The summed E-state index contributed by atoms with van der Waals surface area (Å²) in [5.74, 6) is 0.195. The number of pyridine rings is 1. The minimum Gasteiger partial charge on any atom is -0.506 e. The molecule has 0 saturated carbocycles. The first-order chi connectivity index (χ1) is 10.8. The second kappa shape index (κ2) is 6.31. The number of phenols is 1. The third-order valence-corrected chi connectivity index (χ3v) is 3.63. The number of fused-ring (bicyclic) bond motifs is 1. The molecule has 2 heterocycles. The van der Waals surface area contributed by atoms with Crippen molar-refractivity contribution in [1.29, 1.82) is 0 Å². The third kappa shape index (κ3) is 2.64. The van der Waals surface area contributed by atoms with E-state index in [1.165, 1.54) is 0 Å². The van der Waals surface area contributed by atoms with E-state index in [2.05, 4.69) is 10.1 Å². The van der Waals surface area contributed by atoms with Crippen LogP contribution in [0.15, 0.2) is 73.1 Å². The Bertz CT molecular complexity index is 951. The third-order valence-electron chi connectivity index (χ3n) is 3.63. The first-order valence-corrected chi connectivity index (χ1v) is 7.01. The maximum Gasteiger partial charge on any atom is 0.141 e. The number of phenolic OH excluding ortho intramolecular Hbond substituents is 1. The molecule has 4 nitrogen and oxygen atoms in total. The van der Waals surface area contributed by atoms with Gasteiger partial charge in [-0.1, -0.05) is 42.5 Å². The zero-order valence-corrected chi connectivity index (χ0v) is 15.4. The summed E-state index contributed by atoms with van der Waals surface area (Å²) in [6, 6.07) is 19.2. The fraction of sp³-hybridized carbons (Fsp3) is 0. The molecule has 23 heavy (non-hydrogen) atoms. The van der Waals surface area contributed by atoms with Crippen molar-refractivity contribution in [2.75, 3.05) is 0 Å². The van der Waals surface area contributed by atoms with Crippen LogP contribution in [-0.2, 0) is 19.5 Å². The summed E-state index contributed by atoms with van der Waals surface area (Å²) in [4.78, 5) is 4.14. The van der Waals surface area contributed by atoms with Gasteiger partial charge in [0.2, 0.25) is 0 Å². The Labute approximate surface area is 146 Å². The fourth-order valence-corrected chi connectivity index (χ4v) is 2.63. The van der Waals surface area contributed by atoms with Crippen LogP contribution >= 0.6 is 0 Å². The number of aromatic nitrogens is 3. The predicted molar refractivity (Wildman–Crippen MR) is 86.0 cm³/mol. The number of rotatable bonds is 2. The van der Waals surface area contributed by atoms with Crippen LogP contribution in [0.4, 0.5) is 0 Å². The van der Waals surface area contributed by atoms with E-state index in [9.17, 15) is 5.11 Å². The van der Waals surface area contributed by atoms with Gasteiger partial charge in [-0.15, -0.1) is 0 Å². The van der Waals surface area contributed by atoms with E-state index in [0.717, 1.165) is 22.2 Å². The Hall–Kier alpha value is -2.52. The fourth-order valence-electron chi connectivity index (χ4n) is 2.63. The van der Waals surface area contributed by atoms with E-state index in [-0.39, 0.29) is 25.2 Å². The Morgan fingerprint density at radius 1 is 0.870 bits per heavy atom. The van der Waals surface area contributed by atoms with E-state index in [1.807, 2.05) is 48.5 Å². The number of benzene rings is 2. The Kier molecular flexibility index (Phi) is 4.22. The Morgan fingerprint density at radius 2 is 1.61 bits per heavy atom. The minimum absolute atomic E-state index is 0. The van der Waals surface area contributed by atoms with Crippen LogP contribution in [0.2, 0.25) is 0 Å². The molecule has 0 radical (unpaired) electrons. The van der Waals surface area contributed by atoms with Crippen molar-refractivity contribution in [2.45, 2.75) is 0 Å². The molecule has 4 rings (SSSR count). The van der Waals surface area contributed by atoms with Gasteiger partial charge in [0.15, 0.2) is 0 Å². The van der Waals surface area contributed by atoms with Crippen molar-refractivity contribution in [3.63, 3.8) is 0 Å². The van der Waals surface area contributed by atoms with Gasteiger partial charge in [0.25, 0.3) is 0 Å². The van der Waals surface area contributed by atoms with Crippen molar-refractivity contribution in [3.05, 3.63) is 73.1 Å². The molecule has 0 atom stereocenters. The molecule has 108 valence electrons. The van der Waals surface area contributed by atoms with Crippen LogP contribution in [0.1, 0.15) is 0 Å². The van der Waals surface area contributed by atoms with Crippen molar-refractivity contribution in [2.24, 2.45) is 0 Å². The van der Waals surface area contributed by atoms with Gasteiger partial charge in [-0.3, -0.25) is 4.98 Å². The molecule has 0 aliphatic rings. The maximum atomic E-state index is 10.2. The SMILES string of the molecule is Oc1ccccc1-n1nc2cnccc2c1-c1ccccc1.[Zn]. The molecule has 0 fully saturated rings. The van der Waals surface area contributed by atoms with Crippen LogP contribution in [0, 0.1) is 0 Å². The minimum atomic E-state index is 0. The number of hydrogen-bond acceptors (Lipinski definition) is 3. The van der Waals surface area contributed by atoms with Crippen LogP contribution in [0.25, 0.3) is 27.8 Å².